The minimum absolute atomic E-state index is 0.160. The summed E-state index contributed by atoms with van der Waals surface area (Å²) in [5.41, 5.74) is 6.18. The van der Waals surface area contributed by atoms with Crippen molar-refractivity contribution >= 4 is 38.7 Å². The van der Waals surface area contributed by atoms with E-state index in [1.807, 2.05) is 60.7 Å². The third kappa shape index (κ3) is 6.62. The monoisotopic (exact) mass is 600 g/mol. The van der Waals surface area contributed by atoms with Crippen molar-refractivity contribution in [3.63, 3.8) is 0 Å². The van der Waals surface area contributed by atoms with Gasteiger partial charge in [0.25, 0.3) is 10.0 Å². The van der Waals surface area contributed by atoms with Gasteiger partial charge >= 0.3 is 0 Å². The molecule has 0 saturated carbocycles. The molecule has 0 aliphatic carbocycles. The molecule has 7 nitrogen and oxygen atoms in total. The summed E-state index contributed by atoms with van der Waals surface area (Å²) in [6.07, 6.45) is 0. The van der Waals surface area contributed by atoms with Gasteiger partial charge in [0, 0.05) is 24.5 Å². The lowest BCUT2D eigenvalue weighted by Crippen LogP contribution is -2.22. The van der Waals surface area contributed by atoms with Crippen molar-refractivity contribution in [1.29, 1.82) is 0 Å². The summed E-state index contributed by atoms with van der Waals surface area (Å²) >= 11 is 0. The third-order valence-corrected chi connectivity index (χ3v) is 8.86. The van der Waals surface area contributed by atoms with Gasteiger partial charge in [-0.3, -0.25) is 19.4 Å². The molecule has 0 aromatic heterocycles. The molecular weight excluding hydrogens is 568 g/mol. The summed E-state index contributed by atoms with van der Waals surface area (Å²) in [6.45, 7) is 1.63. The van der Waals surface area contributed by atoms with E-state index >= 15 is 0 Å². The highest BCUT2D eigenvalue weighted by atomic mass is 32.2. The summed E-state index contributed by atoms with van der Waals surface area (Å²) < 4.78 is 28.7. The van der Waals surface area contributed by atoms with Crippen LogP contribution in [0, 0.1) is 0 Å². The molecule has 5 aromatic carbocycles. The van der Waals surface area contributed by atoms with Crippen LogP contribution in [-0.2, 0) is 27.9 Å². The van der Waals surface area contributed by atoms with E-state index in [1.165, 1.54) is 17.7 Å². The van der Waals surface area contributed by atoms with Crippen LogP contribution in [0.15, 0.2) is 143 Å². The maximum Gasteiger partial charge on any atom is 0.261 e. The van der Waals surface area contributed by atoms with Gasteiger partial charge in [0.05, 0.1) is 16.3 Å². The molecule has 0 saturated heterocycles. The molecule has 5 aromatic rings. The van der Waals surface area contributed by atoms with Crippen molar-refractivity contribution in [3.8, 4) is 0 Å². The van der Waals surface area contributed by atoms with Gasteiger partial charge in [0.1, 0.15) is 5.92 Å². The van der Waals surface area contributed by atoms with E-state index in [0.29, 0.717) is 22.6 Å². The minimum Gasteiger partial charge on any atom is -0.325 e. The van der Waals surface area contributed by atoms with E-state index in [2.05, 4.69) is 46.3 Å². The average molecular weight is 601 g/mol. The third-order valence-electron chi connectivity index (χ3n) is 7.47. The van der Waals surface area contributed by atoms with E-state index in [9.17, 15) is 13.2 Å². The Morgan fingerprint density at radius 3 is 2.02 bits per heavy atom. The molecule has 1 aliphatic heterocycles. The van der Waals surface area contributed by atoms with Crippen molar-refractivity contribution in [2.45, 2.75) is 23.9 Å². The standard InChI is InChI=1S/C36H32N4O3S/c1-40(24-26-11-5-2-6-12-26)25-27-17-19-29(20-18-27)37-35(28-13-7-3-8-14-28)34-32-23-30(21-22-33(32)38-36(34)41)39-44(42,43)31-15-9-4-10-16-31/h2-23,34,39H,24-25H2,1H3,(H,38,41). The lowest BCUT2D eigenvalue weighted by molar-refractivity contribution is -0.115. The quantitative estimate of drug-likeness (QED) is 0.169. The highest BCUT2D eigenvalue weighted by Crippen LogP contribution is 2.38. The van der Waals surface area contributed by atoms with Crippen LogP contribution in [-0.4, -0.2) is 32.0 Å². The molecule has 0 spiro atoms. The number of hydrogen-bond donors (Lipinski definition) is 2. The molecule has 44 heavy (non-hydrogen) atoms. The largest absolute Gasteiger partial charge is 0.325 e. The van der Waals surface area contributed by atoms with E-state index in [4.69, 9.17) is 4.99 Å². The van der Waals surface area contributed by atoms with Crippen LogP contribution in [0.1, 0.15) is 28.2 Å². The van der Waals surface area contributed by atoms with Crippen LogP contribution in [0.2, 0.25) is 0 Å². The fourth-order valence-electron chi connectivity index (χ4n) is 5.39. The molecule has 220 valence electrons. The molecule has 0 radical (unpaired) electrons. The van der Waals surface area contributed by atoms with Gasteiger partial charge in [0.2, 0.25) is 5.91 Å². The fourth-order valence-corrected chi connectivity index (χ4v) is 6.46. The zero-order chi connectivity index (χ0) is 30.5. The van der Waals surface area contributed by atoms with Crippen molar-refractivity contribution in [2.75, 3.05) is 17.1 Å². The first-order chi connectivity index (χ1) is 21.4. The predicted octanol–water partition coefficient (Wildman–Crippen LogP) is 6.98. The number of nitrogens with zero attached hydrogens (tertiary/aromatic N) is 2. The van der Waals surface area contributed by atoms with Gasteiger partial charge in [0.15, 0.2) is 0 Å². The maximum absolute atomic E-state index is 13.4. The SMILES string of the molecule is CN(Cc1ccccc1)Cc1ccc(N=C(c2ccccc2)C2C(=O)Nc3ccc(NS(=O)(=O)c4ccccc4)cc32)cc1. The van der Waals surface area contributed by atoms with Gasteiger partial charge < -0.3 is 5.32 Å². The first-order valence-corrected chi connectivity index (χ1v) is 15.8. The summed E-state index contributed by atoms with van der Waals surface area (Å²) in [5, 5.41) is 2.95. The predicted molar refractivity (Wildman–Crippen MR) is 176 cm³/mol. The van der Waals surface area contributed by atoms with Gasteiger partial charge in [-0.2, -0.15) is 0 Å². The number of carbonyl (C=O) groups excluding carboxylic acids is 1. The first kappa shape index (κ1) is 29.0. The topological polar surface area (TPSA) is 90.9 Å². The van der Waals surface area contributed by atoms with Crippen LogP contribution >= 0.6 is 0 Å². The van der Waals surface area contributed by atoms with Crippen molar-refractivity contribution < 1.29 is 13.2 Å². The second-order valence-electron chi connectivity index (χ2n) is 10.8. The van der Waals surface area contributed by atoms with E-state index in [0.717, 1.165) is 29.9 Å². The van der Waals surface area contributed by atoms with Gasteiger partial charge in [-0.25, -0.2) is 8.42 Å². The Labute approximate surface area is 258 Å². The van der Waals surface area contributed by atoms with Crippen molar-refractivity contribution in [3.05, 3.63) is 156 Å². The Morgan fingerprint density at radius 1 is 0.773 bits per heavy atom. The minimum atomic E-state index is -3.80. The molecular formula is C36H32N4O3S. The molecule has 0 fully saturated rings. The van der Waals surface area contributed by atoms with Crippen molar-refractivity contribution in [1.82, 2.24) is 4.90 Å². The number of anilines is 2. The molecule has 1 aliphatic rings. The van der Waals surface area contributed by atoms with Crippen LogP contribution in [0.4, 0.5) is 17.1 Å². The number of aliphatic imine (C=N–C) groups is 1. The summed E-state index contributed by atoms with van der Waals surface area (Å²) in [4.78, 5) is 20.9. The summed E-state index contributed by atoms with van der Waals surface area (Å²) in [5.74, 6) is -0.949. The van der Waals surface area contributed by atoms with E-state index in [-0.39, 0.29) is 10.8 Å². The fraction of sp³-hybridized carbons (Fsp3) is 0.111. The number of carbonyl (C=O) groups is 1. The van der Waals surface area contributed by atoms with Gasteiger partial charge in [-0.1, -0.05) is 91.0 Å². The number of sulfonamides is 1. The number of rotatable bonds is 10. The second-order valence-corrected chi connectivity index (χ2v) is 12.5. The molecule has 8 heteroatoms. The Hall–Kier alpha value is -5.05. The molecule has 1 unspecified atom stereocenters. The van der Waals surface area contributed by atoms with Crippen LogP contribution < -0.4 is 10.0 Å². The zero-order valence-corrected chi connectivity index (χ0v) is 25.0. The molecule has 2 N–H and O–H groups in total. The number of nitrogens with one attached hydrogen (secondary N) is 2. The normalized spacial score (nSPS) is 14.7. The summed E-state index contributed by atoms with van der Waals surface area (Å²) in [7, 11) is -1.71. The van der Waals surface area contributed by atoms with Crippen LogP contribution in [0.25, 0.3) is 0 Å². The first-order valence-electron chi connectivity index (χ1n) is 14.3. The number of hydrogen-bond acceptors (Lipinski definition) is 5. The highest BCUT2D eigenvalue weighted by molar-refractivity contribution is 7.92. The van der Waals surface area contributed by atoms with E-state index in [1.54, 1.807) is 36.4 Å². The number of fused-ring (bicyclic) bond motifs is 1. The Kier molecular flexibility index (Phi) is 8.36. The van der Waals surface area contributed by atoms with Gasteiger partial charge in [-0.05, 0) is 71.8 Å². The number of amides is 1. The smallest absolute Gasteiger partial charge is 0.261 e. The maximum atomic E-state index is 13.4. The molecule has 1 heterocycles. The molecule has 6 rings (SSSR count). The van der Waals surface area contributed by atoms with Crippen LogP contribution in [0.3, 0.4) is 0 Å². The lowest BCUT2D eigenvalue weighted by Gasteiger charge is -2.17. The molecule has 1 atom stereocenters. The molecule has 1 amide bonds. The lowest BCUT2D eigenvalue weighted by atomic mass is 9.90. The second kappa shape index (κ2) is 12.7. The Bertz CT molecular complexity index is 1890. The van der Waals surface area contributed by atoms with Gasteiger partial charge in [-0.15, -0.1) is 0 Å². The van der Waals surface area contributed by atoms with E-state index < -0.39 is 15.9 Å². The van der Waals surface area contributed by atoms with Crippen LogP contribution in [0.5, 0.6) is 0 Å². The zero-order valence-electron chi connectivity index (χ0n) is 24.2. The van der Waals surface area contributed by atoms with Crippen molar-refractivity contribution in [2.24, 2.45) is 4.99 Å². The summed E-state index contributed by atoms with van der Waals surface area (Å²) in [6, 6.07) is 41.3. The number of benzene rings is 5. The highest BCUT2D eigenvalue weighted by Gasteiger charge is 2.36. The molecule has 0 bridgehead atoms. The Morgan fingerprint density at radius 2 is 1.36 bits per heavy atom. The average Bonchev–Trinajstić information content (AvgIpc) is 3.36. The Balaban J connectivity index is 1.29.